The van der Waals surface area contributed by atoms with Gasteiger partial charge in [0.25, 0.3) is 0 Å². The molecule has 1 N–H and O–H groups in total. The van der Waals surface area contributed by atoms with Crippen LogP contribution in [0, 0.1) is 0 Å². The van der Waals surface area contributed by atoms with Crippen LogP contribution < -0.4 is 5.32 Å². The maximum atomic E-state index is 5.46. The van der Waals surface area contributed by atoms with Crippen molar-refractivity contribution in [3.05, 3.63) is 11.6 Å². The SMILES string of the molecule is CN=C(NCCCSc1nccs1)N1CCC(N2CCOCC2)C1.I. The second-order valence-electron chi connectivity index (χ2n) is 6.01. The molecule has 1 atom stereocenters. The first-order valence-corrected chi connectivity index (χ1v) is 10.5. The Kier molecular flexibility index (Phi) is 9.82. The van der Waals surface area contributed by atoms with Crippen LogP contribution in [0.25, 0.3) is 0 Å². The second-order valence-corrected chi connectivity index (χ2v) is 8.25. The lowest BCUT2D eigenvalue weighted by molar-refractivity contribution is 0.0195. The lowest BCUT2D eigenvalue weighted by atomic mass is 10.2. The Morgan fingerprint density at radius 2 is 2.28 bits per heavy atom. The first kappa shape index (κ1) is 21.2. The van der Waals surface area contributed by atoms with Crippen molar-refractivity contribution >= 4 is 53.0 Å². The second kappa shape index (κ2) is 11.6. The van der Waals surface area contributed by atoms with E-state index in [0.29, 0.717) is 6.04 Å². The summed E-state index contributed by atoms with van der Waals surface area (Å²) >= 11 is 3.55. The van der Waals surface area contributed by atoms with Crippen molar-refractivity contribution in [3.8, 4) is 0 Å². The predicted molar refractivity (Wildman–Crippen MR) is 117 cm³/mol. The quantitative estimate of drug-likeness (QED) is 0.214. The molecule has 2 saturated heterocycles. The monoisotopic (exact) mass is 497 g/mol. The zero-order valence-corrected chi connectivity index (χ0v) is 18.7. The van der Waals surface area contributed by atoms with Crippen LogP contribution in [0.15, 0.2) is 20.9 Å². The molecule has 0 aromatic carbocycles. The molecule has 3 rings (SSSR count). The molecule has 0 amide bonds. The molecule has 2 aliphatic rings. The van der Waals surface area contributed by atoms with Gasteiger partial charge in [-0.15, -0.1) is 35.3 Å². The highest BCUT2D eigenvalue weighted by molar-refractivity contribution is 14.0. The minimum atomic E-state index is 0. The van der Waals surface area contributed by atoms with Crippen LogP contribution in [-0.2, 0) is 4.74 Å². The Balaban J connectivity index is 0.00000225. The van der Waals surface area contributed by atoms with Crippen molar-refractivity contribution in [2.24, 2.45) is 4.99 Å². The Morgan fingerprint density at radius 3 is 3.00 bits per heavy atom. The normalized spacial score (nSPS) is 22.0. The highest BCUT2D eigenvalue weighted by Crippen LogP contribution is 2.20. The van der Waals surface area contributed by atoms with Gasteiger partial charge in [-0.2, -0.15) is 0 Å². The van der Waals surface area contributed by atoms with Crippen molar-refractivity contribution in [2.45, 2.75) is 23.2 Å². The van der Waals surface area contributed by atoms with Gasteiger partial charge in [-0.3, -0.25) is 9.89 Å². The summed E-state index contributed by atoms with van der Waals surface area (Å²) in [7, 11) is 1.88. The van der Waals surface area contributed by atoms with Crippen molar-refractivity contribution in [3.63, 3.8) is 0 Å². The van der Waals surface area contributed by atoms with Crippen molar-refractivity contribution in [1.82, 2.24) is 20.1 Å². The topological polar surface area (TPSA) is 53.0 Å². The summed E-state index contributed by atoms with van der Waals surface area (Å²) < 4.78 is 6.62. The standard InChI is InChI=1S/C16H27N5OS2.HI/c1-17-15(18-4-2-11-23-16-19-5-12-24-16)21-6-3-14(13-21)20-7-9-22-10-8-20;/h5,12,14H,2-4,6-11,13H2,1H3,(H,17,18);1H. The zero-order chi connectivity index (χ0) is 16.6. The number of aromatic nitrogens is 1. The third-order valence-corrected chi connectivity index (χ3v) is 6.53. The van der Waals surface area contributed by atoms with Gasteiger partial charge in [0.05, 0.1) is 13.2 Å². The predicted octanol–water partition coefficient (Wildman–Crippen LogP) is 2.23. The molecule has 1 aromatic heterocycles. The first-order chi connectivity index (χ1) is 11.9. The fourth-order valence-electron chi connectivity index (χ4n) is 3.22. The van der Waals surface area contributed by atoms with Crippen molar-refractivity contribution in [2.75, 3.05) is 58.7 Å². The molecule has 0 saturated carbocycles. The molecule has 0 bridgehead atoms. The number of nitrogens with zero attached hydrogens (tertiary/aromatic N) is 4. The fraction of sp³-hybridized carbons (Fsp3) is 0.750. The summed E-state index contributed by atoms with van der Waals surface area (Å²) in [4.78, 5) is 13.7. The lowest BCUT2D eigenvalue weighted by Crippen LogP contribution is -2.46. The summed E-state index contributed by atoms with van der Waals surface area (Å²) in [5.41, 5.74) is 0. The number of thioether (sulfide) groups is 1. The molecule has 25 heavy (non-hydrogen) atoms. The van der Waals surface area contributed by atoms with Crippen LogP contribution in [0.1, 0.15) is 12.8 Å². The van der Waals surface area contributed by atoms with E-state index in [4.69, 9.17) is 4.74 Å². The van der Waals surface area contributed by atoms with E-state index in [2.05, 4.69) is 25.1 Å². The maximum absolute atomic E-state index is 5.46. The third kappa shape index (κ3) is 6.53. The molecular formula is C16H28IN5OS2. The molecular weight excluding hydrogens is 469 g/mol. The number of halogens is 1. The molecule has 142 valence electrons. The number of thiazole rings is 1. The third-order valence-electron chi connectivity index (χ3n) is 4.48. The summed E-state index contributed by atoms with van der Waals surface area (Å²) in [6.07, 6.45) is 4.20. The van der Waals surface area contributed by atoms with Gasteiger partial charge >= 0.3 is 0 Å². The Bertz CT molecular complexity index is 511. The number of guanidine groups is 1. The van der Waals surface area contributed by atoms with Crippen molar-refractivity contribution < 1.29 is 4.74 Å². The average molecular weight is 497 g/mol. The number of rotatable bonds is 6. The first-order valence-electron chi connectivity index (χ1n) is 8.66. The molecule has 1 unspecified atom stereocenters. The molecule has 0 spiro atoms. The largest absolute Gasteiger partial charge is 0.379 e. The molecule has 9 heteroatoms. The van der Waals surface area contributed by atoms with Crippen LogP contribution in [-0.4, -0.2) is 85.5 Å². The average Bonchev–Trinajstić information content (AvgIpc) is 3.31. The zero-order valence-electron chi connectivity index (χ0n) is 14.7. The molecule has 6 nitrogen and oxygen atoms in total. The van der Waals surface area contributed by atoms with Crippen LogP contribution in [0.2, 0.25) is 0 Å². The molecule has 0 radical (unpaired) electrons. The fourth-order valence-corrected chi connectivity index (χ4v) is 4.87. The summed E-state index contributed by atoms with van der Waals surface area (Å²) in [5.74, 6) is 2.14. The molecule has 3 heterocycles. The Morgan fingerprint density at radius 1 is 1.44 bits per heavy atom. The molecule has 2 fully saturated rings. The van der Waals surface area contributed by atoms with Crippen molar-refractivity contribution in [1.29, 1.82) is 0 Å². The molecule has 2 aliphatic heterocycles. The van der Waals surface area contributed by atoms with Gasteiger partial charge in [-0.05, 0) is 12.8 Å². The number of hydrogen-bond acceptors (Lipinski definition) is 6. The lowest BCUT2D eigenvalue weighted by Gasteiger charge is -2.32. The number of aliphatic imine (C=N–C) groups is 1. The minimum Gasteiger partial charge on any atom is -0.379 e. The smallest absolute Gasteiger partial charge is 0.193 e. The number of nitrogens with one attached hydrogen (secondary N) is 1. The van der Waals surface area contributed by atoms with Crippen LogP contribution in [0.3, 0.4) is 0 Å². The van der Waals surface area contributed by atoms with E-state index >= 15 is 0 Å². The van der Waals surface area contributed by atoms with Gasteiger partial charge in [-0.25, -0.2) is 4.98 Å². The minimum absolute atomic E-state index is 0. The van der Waals surface area contributed by atoms with Crippen LogP contribution >= 0.6 is 47.1 Å². The van der Waals surface area contributed by atoms with Crippen LogP contribution in [0.5, 0.6) is 0 Å². The van der Waals surface area contributed by atoms with E-state index in [1.807, 2.05) is 30.4 Å². The molecule has 1 aromatic rings. The highest BCUT2D eigenvalue weighted by Gasteiger charge is 2.30. The van der Waals surface area contributed by atoms with E-state index in [0.717, 1.165) is 68.4 Å². The van der Waals surface area contributed by atoms with E-state index in [9.17, 15) is 0 Å². The van der Waals surface area contributed by atoms with E-state index < -0.39 is 0 Å². The van der Waals surface area contributed by atoms with Crippen LogP contribution in [0.4, 0.5) is 0 Å². The number of hydrogen-bond donors (Lipinski definition) is 1. The van der Waals surface area contributed by atoms with E-state index in [1.165, 1.54) is 6.42 Å². The highest BCUT2D eigenvalue weighted by atomic mass is 127. The van der Waals surface area contributed by atoms with E-state index in [-0.39, 0.29) is 24.0 Å². The summed E-state index contributed by atoms with van der Waals surface area (Å²) in [6.45, 7) is 7.02. The number of morpholine rings is 1. The Hall–Kier alpha value is -0.100. The van der Waals surface area contributed by atoms with Gasteiger partial charge in [0.1, 0.15) is 4.34 Å². The maximum Gasteiger partial charge on any atom is 0.193 e. The number of ether oxygens (including phenoxy) is 1. The van der Waals surface area contributed by atoms with Gasteiger partial charge in [0.2, 0.25) is 0 Å². The summed E-state index contributed by atoms with van der Waals surface area (Å²) in [6, 6.07) is 0.646. The van der Waals surface area contributed by atoms with Gasteiger partial charge in [-0.1, -0.05) is 11.8 Å². The van der Waals surface area contributed by atoms with E-state index in [1.54, 1.807) is 11.3 Å². The summed E-state index contributed by atoms with van der Waals surface area (Å²) in [5, 5.41) is 5.55. The molecule has 0 aliphatic carbocycles. The van der Waals surface area contributed by atoms with Gasteiger partial charge < -0.3 is 15.0 Å². The number of likely N-dealkylation sites (tertiary alicyclic amines) is 1. The van der Waals surface area contributed by atoms with Gasteiger partial charge in [0, 0.05) is 63.1 Å². The Labute approximate surface area is 175 Å². The van der Waals surface area contributed by atoms with Gasteiger partial charge in [0.15, 0.2) is 5.96 Å².